The summed E-state index contributed by atoms with van der Waals surface area (Å²) in [4.78, 5) is 23.6. The summed E-state index contributed by atoms with van der Waals surface area (Å²) in [5, 5.41) is 11.1. The van der Waals surface area contributed by atoms with Crippen molar-refractivity contribution in [3.8, 4) is 0 Å². The molecule has 0 saturated heterocycles. The van der Waals surface area contributed by atoms with Crippen molar-refractivity contribution < 1.29 is 9.59 Å². The minimum Gasteiger partial charge on any atom is -0.399 e. The fourth-order valence-electron chi connectivity index (χ4n) is 2.53. The summed E-state index contributed by atoms with van der Waals surface area (Å²) in [6.07, 6.45) is 1.51. The maximum atomic E-state index is 12.6. The van der Waals surface area contributed by atoms with Gasteiger partial charge in [0, 0.05) is 23.7 Å². The second-order valence-corrected chi connectivity index (χ2v) is 5.32. The number of nitrogens with one attached hydrogen (secondary N) is 1. The van der Waals surface area contributed by atoms with E-state index >= 15 is 0 Å². The van der Waals surface area contributed by atoms with Crippen LogP contribution < -0.4 is 11.1 Å². The first kappa shape index (κ1) is 14.8. The average Bonchev–Trinajstić information content (AvgIpc) is 3.00. The van der Waals surface area contributed by atoms with Crippen molar-refractivity contribution >= 4 is 34.2 Å². The van der Waals surface area contributed by atoms with Crippen molar-refractivity contribution in [3.05, 3.63) is 36.2 Å². The van der Waals surface area contributed by atoms with Gasteiger partial charge in [-0.25, -0.2) is 4.68 Å². The van der Waals surface area contributed by atoms with Crippen molar-refractivity contribution in [2.75, 3.05) is 11.1 Å². The number of nitrogen functional groups attached to an aromatic ring is 1. The third kappa shape index (κ3) is 2.91. The standard InChI is InChI=1S/C15H16N6O2/c1-9-5-11-6-12(16)3-4-13(11)21(9)15(23)8-20-7-14(18-19-20)17-10(2)22/h3-7H,8,16H2,1-2H3,(H,17,22). The lowest BCUT2D eigenvalue weighted by molar-refractivity contribution is -0.114. The monoisotopic (exact) mass is 312 g/mol. The number of benzene rings is 1. The fraction of sp³-hybridized carbons (Fsp3) is 0.200. The van der Waals surface area contributed by atoms with E-state index in [2.05, 4.69) is 15.6 Å². The lowest BCUT2D eigenvalue weighted by atomic mass is 10.2. The highest BCUT2D eigenvalue weighted by atomic mass is 16.2. The smallest absolute Gasteiger partial charge is 0.253 e. The van der Waals surface area contributed by atoms with E-state index in [4.69, 9.17) is 5.73 Å². The molecule has 0 spiro atoms. The number of aromatic nitrogens is 4. The predicted molar refractivity (Wildman–Crippen MR) is 86.0 cm³/mol. The number of carbonyl (C=O) groups is 2. The zero-order valence-corrected chi connectivity index (χ0v) is 12.8. The normalized spacial score (nSPS) is 10.9. The average molecular weight is 312 g/mol. The van der Waals surface area contributed by atoms with Gasteiger partial charge >= 0.3 is 0 Å². The van der Waals surface area contributed by atoms with Crippen molar-refractivity contribution in [1.82, 2.24) is 19.6 Å². The van der Waals surface area contributed by atoms with Crippen LogP contribution in [0.4, 0.5) is 11.5 Å². The van der Waals surface area contributed by atoms with E-state index in [1.807, 2.05) is 25.1 Å². The lowest BCUT2D eigenvalue weighted by Gasteiger charge is -2.06. The first-order chi connectivity index (χ1) is 10.9. The van der Waals surface area contributed by atoms with Gasteiger partial charge in [0.05, 0.1) is 11.7 Å². The van der Waals surface area contributed by atoms with E-state index in [1.54, 1.807) is 10.6 Å². The van der Waals surface area contributed by atoms with E-state index in [1.165, 1.54) is 17.8 Å². The Bertz CT molecular complexity index is 908. The van der Waals surface area contributed by atoms with Gasteiger partial charge in [0.2, 0.25) is 5.91 Å². The van der Waals surface area contributed by atoms with Crippen molar-refractivity contribution in [2.24, 2.45) is 0 Å². The van der Waals surface area contributed by atoms with Crippen LogP contribution in [0.5, 0.6) is 0 Å². The van der Waals surface area contributed by atoms with Crippen LogP contribution in [0.25, 0.3) is 10.9 Å². The molecular weight excluding hydrogens is 296 g/mol. The molecule has 1 amide bonds. The van der Waals surface area contributed by atoms with Crippen molar-refractivity contribution in [2.45, 2.75) is 20.4 Å². The van der Waals surface area contributed by atoms with Crippen LogP contribution in [-0.2, 0) is 11.3 Å². The number of nitrogens with two attached hydrogens (primary N) is 1. The van der Waals surface area contributed by atoms with Gasteiger partial charge in [0.1, 0.15) is 6.54 Å². The molecule has 0 unspecified atom stereocenters. The topological polar surface area (TPSA) is 108 Å². The van der Waals surface area contributed by atoms with Gasteiger partial charge in [-0.15, -0.1) is 5.10 Å². The Hall–Kier alpha value is -3.16. The highest BCUT2D eigenvalue weighted by molar-refractivity contribution is 5.95. The lowest BCUT2D eigenvalue weighted by Crippen LogP contribution is -2.19. The SMILES string of the molecule is CC(=O)Nc1cn(CC(=O)n2c(C)cc3cc(N)ccc32)nn1. The maximum Gasteiger partial charge on any atom is 0.253 e. The van der Waals surface area contributed by atoms with Gasteiger partial charge < -0.3 is 11.1 Å². The highest BCUT2D eigenvalue weighted by Gasteiger charge is 2.14. The molecule has 0 bridgehead atoms. The summed E-state index contributed by atoms with van der Waals surface area (Å²) in [7, 11) is 0. The summed E-state index contributed by atoms with van der Waals surface area (Å²) in [6, 6.07) is 7.32. The molecule has 0 saturated carbocycles. The summed E-state index contributed by atoms with van der Waals surface area (Å²) in [5.74, 6) is -0.0816. The third-order valence-electron chi connectivity index (χ3n) is 3.40. The molecular formula is C15H16N6O2. The van der Waals surface area contributed by atoms with Crippen LogP contribution >= 0.6 is 0 Å². The van der Waals surface area contributed by atoms with Crippen LogP contribution in [-0.4, -0.2) is 31.4 Å². The zero-order chi connectivity index (χ0) is 16.6. The van der Waals surface area contributed by atoms with Crippen LogP contribution in [0.2, 0.25) is 0 Å². The molecule has 8 heteroatoms. The van der Waals surface area contributed by atoms with E-state index in [9.17, 15) is 9.59 Å². The van der Waals surface area contributed by atoms with E-state index in [-0.39, 0.29) is 18.4 Å². The number of hydrogen-bond donors (Lipinski definition) is 2. The molecule has 1 aromatic carbocycles. The number of hydrogen-bond acceptors (Lipinski definition) is 5. The molecule has 3 N–H and O–H groups in total. The zero-order valence-electron chi connectivity index (χ0n) is 12.8. The van der Waals surface area contributed by atoms with Crippen LogP contribution in [0.15, 0.2) is 30.5 Å². The number of anilines is 2. The molecule has 8 nitrogen and oxygen atoms in total. The Morgan fingerprint density at radius 1 is 1.30 bits per heavy atom. The van der Waals surface area contributed by atoms with Crippen LogP contribution in [0, 0.1) is 6.92 Å². The molecule has 3 rings (SSSR count). The Morgan fingerprint density at radius 2 is 2.09 bits per heavy atom. The molecule has 23 heavy (non-hydrogen) atoms. The van der Waals surface area contributed by atoms with Gasteiger partial charge in [-0.2, -0.15) is 0 Å². The van der Waals surface area contributed by atoms with Crippen molar-refractivity contribution in [1.29, 1.82) is 0 Å². The molecule has 2 aromatic heterocycles. The molecule has 0 fully saturated rings. The molecule has 0 aliphatic rings. The second kappa shape index (κ2) is 5.56. The maximum absolute atomic E-state index is 12.6. The van der Waals surface area contributed by atoms with E-state index in [0.29, 0.717) is 11.5 Å². The van der Waals surface area contributed by atoms with E-state index in [0.717, 1.165) is 16.6 Å². The second-order valence-electron chi connectivity index (χ2n) is 5.32. The minimum absolute atomic E-state index is 0.0155. The minimum atomic E-state index is -0.242. The molecule has 0 radical (unpaired) electrons. The van der Waals surface area contributed by atoms with Gasteiger partial charge in [-0.05, 0) is 31.2 Å². The largest absolute Gasteiger partial charge is 0.399 e. The predicted octanol–water partition coefficient (Wildman–Crippen LogP) is 1.42. The first-order valence-corrected chi connectivity index (χ1v) is 7.02. The van der Waals surface area contributed by atoms with Crippen molar-refractivity contribution in [3.63, 3.8) is 0 Å². The Balaban J connectivity index is 1.87. The third-order valence-corrected chi connectivity index (χ3v) is 3.40. The highest BCUT2D eigenvalue weighted by Crippen LogP contribution is 2.22. The summed E-state index contributed by atoms with van der Waals surface area (Å²) in [5.41, 5.74) is 8.04. The quantitative estimate of drug-likeness (QED) is 0.711. The first-order valence-electron chi connectivity index (χ1n) is 7.02. The number of rotatable bonds is 3. The molecule has 118 valence electrons. The molecule has 2 heterocycles. The molecule has 0 aliphatic heterocycles. The number of carbonyl (C=O) groups excluding carboxylic acids is 2. The molecule has 0 atom stereocenters. The number of amides is 1. The molecule has 3 aromatic rings. The summed E-state index contributed by atoms with van der Waals surface area (Å²) >= 11 is 0. The Kier molecular flexibility index (Phi) is 3.57. The van der Waals surface area contributed by atoms with E-state index < -0.39 is 0 Å². The van der Waals surface area contributed by atoms with Crippen LogP contribution in [0.1, 0.15) is 17.4 Å². The Morgan fingerprint density at radius 3 is 2.83 bits per heavy atom. The summed E-state index contributed by atoms with van der Waals surface area (Å²) in [6.45, 7) is 3.25. The number of nitrogens with zero attached hydrogens (tertiary/aromatic N) is 4. The molecule has 0 aliphatic carbocycles. The van der Waals surface area contributed by atoms with Gasteiger partial charge in [-0.1, -0.05) is 5.21 Å². The Labute approximate surface area is 131 Å². The number of fused-ring (bicyclic) bond motifs is 1. The van der Waals surface area contributed by atoms with Gasteiger partial charge in [0.25, 0.3) is 5.91 Å². The number of aryl methyl sites for hydroxylation is 1. The van der Waals surface area contributed by atoms with Gasteiger partial charge in [0.15, 0.2) is 5.82 Å². The fourth-order valence-corrected chi connectivity index (χ4v) is 2.53. The van der Waals surface area contributed by atoms with Gasteiger partial charge in [-0.3, -0.25) is 14.2 Å². The summed E-state index contributed by atoms with van der Waals surface area (Å²) < 4.78 is 3.00. The van der Waals surface area contributed by atoms with Crippen LogP contribution in [0.3, 0.4) is 0 Å².